The standard InChI is InChI=1S/C39H35FN3OP.BrH/c1-29(2)37-36(28-45(33-17-9-4-10-18-33,34-19-11-5-12-20-34)35-21-13-6-14-22-35)42-43(32-25-23-31(40)24-26-32)38(37)39(44)41-27-30-15-7-3-8-16-30;/h3-26,29H,27-28H2,1-2H3;1H. The number of hydrogen-bond acceptors (Lipinski definition) is 2. The van der Waals surface area contributed by atoms with E-state index in [9.17, 15) is 9.18 Å². The van der Waals surface area contributed by atoms with E-state index in [1.54, 1.807) is 16.8 Å². The average molecular weight is 693 g/mol. The largest absolute Gasteiger partial charge is 1.00 e. The van der Waals surface area contributed by atoms with Gasteiger partial charge in [-0.05, 0) is 72.1 Å². The van der Waals surface area contributed by atoms with Gasteiger partial charge in [-0.1, -0.05) is 98.8 Å². The number of hydrogen-bond donors (Lipinski definition) is 1. The van der Waals surface area contributed by atoms with Crippen molar-refractivity contribution < 1.29 is 26.2 Å². The van der Waals surface area contributed by atoms with E-state index in [2.05, 4.69) is 92.0 Å². The van der Waals surface area contributed by atoms with Gasteiger partial charge in [-0.3, -0.25) is 4.79 Å². The lowest BCUT2D eigenvalue weighted by molar-refractivity contribution is -0.0000179. The maximum absolute atomic E-state index is 14.2. The first kappa shape index (κ1) is 33.0. The van der Waals surface area contributed by atoms with Crippen LogP contribution in [-0.2, 0) is 12.7 Å². The lowest BCUT2D eigenvalue weighted by atomic mass is 10.00. The van der Waals surface area contributed by atoms with Gasteiger partial charge in [-0.25, -0.2) is 9.07 Å². The number of nitrogens with zero attached hydrogens (tertiary/aromatic N) is 2. The summed E-state index contributed by atoms with van der Waals surface area (Å²) in [6, 6.07) is 48.0. The van der Waals surface area contributed by atoms with Crippen molar-refractivity contribution in [3.8, 4) is 5.69 Å². The minimum Gasteiger partial charge on any atom is -1.00 e. The Balaban J connectivity index is 0.00000417. The van der Waals surface area contributed by atoms with Crippen molar-refractivity contribution in [2.75, 3.05) is 0 Å². The minimum atomic E-state index is -2.31. The van der Waals surface area contributed by atoms with Gasteiger partial charge in [0, 0.05) is 12.1 Å². The Morgan fingerprint density at radius 3 is 1.63 bits per heavy atom. The Bertz CT molecular complexity index is 1770. The van der Waals surface area contributed by atoms with Crippen molar-refractivity contribution in [3.63, 3.8) is 0 Å². The summed E-state index contributed by atoms with van der Waals surface area (Å²) in [6.07, 6.45) is 0.617. The molecule has 1 aromatic heterocycles. The predicted molar refractivity (Wildman–Crippen MR) is 184 cm³/mol. The van der Waals surface area contributed by atoms with E-state index in [0.29, 0.717) is 24.1 Å². The van der Waals surface area contributed by atoms with Gasteiger partial charge in [0.05, 0.1) is 5.69 Å². The minimum absolute atomic E-state index is 0. The van der Waals surface area contributed by atoms with Crippen LogP contribution in [0.2, 0.25) is 0 Å². The molecule has 0 saturated carbocycles. The first-order valence-electron chi connectivity index (χ1n) is 15.2. The molecule has 0 saturated heterocycles. The zero-order chi connectivity index (χ0) is 31.2. The summed E-state index contributed by atoms with van der Waals surface area (Å²) < 4.78 is 15.8. The molecule has 0 aliphatic heterocycles. The topological polar surface area (TPSA) is 46.9 Å². The summed E-state index contributed by atoms with van der Waals surface area (Å²) in [5, 5.41) is 12.1. The van der Waals surface area contributed by atoms with Crippen molar-refractivity contribution in [1.82, 2.24) is 15.1 Å². The van der Waals surface area contributed by atoms with Crippen LogP contribution in [0.5, 0.6) is 0 Å². The molecule has 0 unspecified atom stereocenters. The molecule has 0 atom stereocenters. The van der Waals surface area contributed by atoms with Gasteiger partial charge in [-0.2, -0.15) is 5.10 Å². The van der Waals surface area contributed by atoms with Gasteiger partial charge in [0.2, 0.25) is 0 Å². The van der Waals surface area contributed by atoms with Gasteiger partial charge in [-0.15, -0.1) is 0 Å². The highest BCUT2D eigenvalue weighted by atomic mass is 79.9. The van der Waals surface area contributed by atoms with Gasteiger partial charge in [0.15, 0.2) is 0 Å². The molecule has 0 aliphatic rings. The summed E-state index contributed by atoms with van der Waals surface area (Å²) in [6.45, 7) is 4.60. The number of carbonyl (C=O) groups excluding carboxylic acids is 1. The van der Waals surface area contributed by atoms with Crippen LogP contribution in [0.4, 0.5) is 4.39 Å². The van der Waals surface area contributed by atoms with E-state index in [4.69, 9.17) is 5.10 Å². The fourth-order valence-corrected chi connectivity index (χ4v) is 10.2. The second kappa shape index (κ2) is 14.8. The number of benzene rings is 5. The third-order valence-electron chi connectivity index (χ3n) is 8.14. The summed E-state index contributed by atoms with van der Waals surface area (Å²) >= 11 is 0. The summed E-state index contributed by atoms with van der Waals surface area (Å²) in [5.74, 6) is -0.558. The first-order chi connectivity index (χ1) is 22.0. The molecule has 5 aromatic carbocycles. The predicted octanol–water partition coefficient (Wildman–Crippen LogP) is 4.56. The Morgan fingerprint density at radius 2 is 1.17 bits per heavy atom. The molecule has 232 valence electrons. The maximum atomic E-state index is 14.2. The third kappa shape index (κ3) is 6.74. The second-order valence-electron chi connectivity index (χ2n) is 11.4. The normalized spacial score (nSPS) is 11.2. The van der Waals surface area contributed by atoms with Gasteiger partial charge in [0.1, 0.15) is 46.5 Å². The smallest absolute Gasteiger partial charge is 0.270 e. The van der Waals surface area contributed by atoms with Crippen molar-refractivity contribution in [1.29, 1.82) is 0 Å². The average Bonchev–Trinajstić information content (AvgIpc) is 3.47. The Morgan fingerprint density at radius 1 is 0.717 bits per heavy atom. The molecule has 7 heteroatoms. The monoisotopic (exact) mass is 691 g/mol. The molecule has 0 bridgehead atoms. The number of rotatable bonds is 10. The van der Waals surface area contributed by atoms with Gasteiger partial charge >= 0.3 is 0 Å². The van der Waals surface area contributed by atoms with Crippen LogP contribution < -0.4 is 38.2 Å². The highest BCUT2D eigenvalue weighted by molar-refractivity contribution is 7.95. The molecular formula is C39H36BrFN3OP. The first-order valence-corrected chi connectivity index (χ1v) is 17.2. The van der Waals surface area contributed by atoms with E-state index >= 15 is 0 Å². The molecule has 1 heterocycles. The van der Waals surface area contributed by atoms with Crippen molar-refractivity contribution in [2.45, 2.75) is 32.5 Å². The molecule has 0 aliphatic carbocycles. The number of amides is 1. The quantitative estimate of drug-likeness (QED) is 0.214. The molecule has 6 rings (SSSR count). The molecule has 1 amide bonds. The van der Waals surface area contributed by atoms with Crippen LogP contribution in [-0.4, -0.2) is 15.7 Å². The molecule has 6 aromatic rings. The SMILES string of the molecule is CC(C)c1c(C[P+](c2ccccc2)(c2ccccc2)c2ccccc2)nn(-c2ccc(F)cc2)c1C(=O)NCc1ccccc1.[Br-]. The van der Waals surface area contributed by atoms with E-state index in [1.165, 1.54) is 28.0 Å². The van der Waals surface area contributed by atoms with Crippen LogP contribution in [0, 0.1) is 5.82 Å². The third-order valence-corrected chi connectivity index (χ3v) is 12.4. The highest BCUT2D eigenvalue weighted by Crippen LogP contribution is 2.58. The zero-order valence-electron chi connectivity index (χ0n) is 25.9. The lowest BCUT2D eigenvalue weighted by Gasteiger charge is -2.27. The molecular weight excluding hydrogens is 656 g/mol. The Labute approximate surface area is 281 Å². The maximum Gasteiger partial charge on any atom is 0.270 e. The Kier molecular flexibility index (Phi) is 10.6. The summed E-state index contributed by atoms with van der Waals surface area (Å²) in [4.78, 5) is 14.2. The van der Waals surface area contributed by atoms with Crippen LogP contribution in [0.3, 0.4) is 0 Å². The van der Waals surface area contributed by atoms with Crippen LogP contribution >= 0.6 is 7.26 Å². The van der Waals surface area contributed by atoms with Gasteiger partial charge < -0.3 is 22.3 Å². The van der Waals surface area contributed by atoms with Crippen molar-refractivity contribution in [3.05, 3.63) is 174 Å². The molecule has 4 nitrogen and oxygen atoms in total. The van der Waals surface area contributed by atoms with E-state index in [-0.39, 0.29) is 34.6 Å². The van der Waals surface area contributed by atoms with E-state index in [0.717, 1.165) is 16.8 Å². The molecule has 46 heavy (non-hydrogen) atoms. The van der Waals surface area contributed by atoms with Crippen LogP contribution in [0.25, 0.3) is 5.69 Å². The van der Waals surface area contributed by atoms with Crippen molar-refractivity contribution >= 4 is 29.1 Å². The fourth-order valence-electron chi connectivity index (χ4n) is 6.04. The molecule has 0 radical (unpaired) electrons. The summed E-state index contributed by atoms with van der Waals surface area (Å²) in [7, 11) is -2.31. The fraction of sp³-hybridized carbons (Fsp3) is 0.128. The van der Waals surface area contributed by atoms with Gasteiger partial charge in [0.25, 0.3) is 5.91 Å². The van der Waals surface area contributed by atoms with Crippen LogP contribution in [0.1, 0.15) is 47.1 Å². The number of nitrogens with one attached hydrogen (secondary N) is 1. The molecule has 0 spiro atoms. The lowest BCUT2D eigenvalue weighted by Crippen LogP contribution is -3.00. The highest BCUT2D eigenvalue weighted by Gasteiger charge is 2.47. The summed E-state index contributed by atoms with van der Waals surface area (Å²) in [5.41, 5.74) is 3.89. The van der Waals surface area contributed by atoms with Crippen molar-refractivity contribution in [2.24, 2.45) is 0 Å². The Hall–Kier alpha value is -4.38. The zero-order valence-corrected chi connectivity index (χ0v) is 28.3. The number of aromatic nitrogens is 2. The van der Waals surface area contributed by atoms with E-state index < -0.39 is 7.26 Å². The molecule has 1 N–H and O–H groups in total. The number of carbonyl (C=O) groups is 1. The molecule has 0 fully saturated rings. The van der Waals surface area contributed by atoms with E-state index in [1.807, 2.05) is 48.5 Å². The van der Waals surface area contributed by atoms with Crippen LogP contribution in [0.15, 0.2) is 146 Å². The number of halogens is 2. The second-order valence-corrected chi connectivity index (χ2v) is 14.9.